The molecule has 6 heteroatoms. The Kier molecular flexibility index (Phi) is 5.32. The van der Waals surface area contributed by atoms with Gasteiger partial charge in [-0.25, -0.2) is 0 Å². The number of nitrogens with one attached hydrogen (secondary N) is 3. The lowest BCUT2D eigenvalue weighted by Crippen LogP contribution is -2.20. The molecule has 3 N–H and O–H groups in total. The van der Waals surface area contributed by atoms with Gasteiger partial charge in [-0.1, -0.05) is 6.07 Å². The molecule has 5 nitrogen and oxygen atoms in total. The molecule has 2 rings (SSSR count). The predicted molar refractivity (Wildman–Crippen MR) is 92.7 cm³/mol. The Bertz CT molecular complexity index is 671. The van der Waals surface area contributed by atoms with Gasteiger partial charge in [-0.3, -0.25) is 4.79 Å². The van der Waals surface area contributed by atoms with Crippen molar-refractivity contribution in [2.24, 2.45) is 0 Å². The molecule has 114 valence electrons. The minimum Gasteiger partial charge on any atom is -0.497 e. The van der Waals surface area contributed by atoms with E-state index in [-0.39, 0.29) is 5.91 Å². The zero-order chi connectivity index (χ0) is 15.9. The summed E-state index contributed by atoms with van der Waals surface area (Å²) in [5.41, 5.74) is 2.23. The SMILES string of the molecule is CNC(=O)c1ccc(NC(=S)Nc2cccc(OC)c2)cc1. The van der Waals surface area contributed by atoms with Crippen molar-refractivity contribution in [2.75, 3.05) is 24.8 Å². The van der Waals surface area contributed by atoms with Crippen LogP contribution in [0.5, 0.6) is 5.75 Å². The molecule has 2 aromatic carbocycles. The van der Waals surface area contributed by atoms with Gasteiger partial charge >= 0.3 is 0 Å². The van der Waals surface area contributed by atoms with Crippen LogP contribution in [0, 0.1) is 0 Å². The number of carbonyl (C=O) groups is 1. The Hall–Kier alpha value is -2.60. The smallest absolute Gasteiger partial charge is 0.251 e. The molecule has 0 atom stereocenters. The number of rotatable bonds is 4. The monoisotopic (exact) mass is 315 g/mol. The minimum absolute atomic E-state index is 0.122. The third-order valence-corrected chi connectivity index (χ3v) is 3.16. The highest BCUT2D eigenvalue weighted by molar-refractivity contribution is 7.80. The number of hydrogen-bond donors (Lipinski definition) is 3. The van der Waals surface area contributed by atoms with E-state index in [0.717, 1.165) is 17.1 Å². The Morgan fingerprint density at radius 2 is 1.73 bits per heavy atom. The van der Waals surface area contributed by atoms with Crippen LogP contribution in [0.1, 0.15) is 10.4 Å². The van der Waals surface area contributed by atoms with Crippen molar-refractivity contribution in [3.8, 4) is 5.75 Å². The molecule has 0 spiro atoms. The molecule has 0 fully saturated rings. The number of hydrogen-bond acceptors (Lipinski definition) is 3. The molecule has 0 unspecified atom stereocenters. The number of thiocarbonyl (C=S) groups is 1. The third-order valence-electron chi connectivity index (χ3n) is 2.96. The average molecular weight is 315 g/mol. The van der Waals surface area contributed by atoms with Crippen molar-refractivity contribution in [3.05, 3.63) is 54.1 Å². The zero-order valence-electron chi connectivity index (χ0n) is 12.3. The number of amides is 1. The number of benzene rings is 2. The first-order valence-electron chi connectivity index (χ1n) is 6.66. The molecule has 2 aromatic rings. The maximum Gasteiger partial charge on any atom is 0.251 e. The van der Waals surface area contributed by atoms with Gasteiger partial charge in [0.15, 0.2) is 5.11 Å². The molecule has 0 aromatic heterocycles. The van der Waals surface area contributed by atoms with Crippen LogP contribution in [-0.4, -0.2) is 25.2 Å². The summed E-state index contributed by atoms with van der Waals surface area (Å²) in [5, 5.41) is 9.17. The third kappa shape index (κ3) is 4.20. The normalized spacial score (nSPS) is 9.73. The van der Waals surface area contributed by atoms with Crippen molar-refractivity contribution in [1.82, 2.24) is 5.32 Å². The molecule has 0 aliphatic carbocycles. The van der Waals surface area contributed by atoms with Crippen molar-refractivity contribution in [3.63, 3.8) is 0 Å². The molecule has 1 amide bonds. The first-order chi connectivity index (χ1) is 10.6. The van der Waals surface area contributed by atoms with Gasteiger partial charge < -0.3 is 20.7 Å². The molecule has 22 heavy (non-hydrogen) atoms. The molecule has 0 radical (unpaired) electrons. The lowest BCUT2D eigenvalue weighted by molar-refractivity contribution is 0.0963. The lowest BCUT2D eigenvalue weighted by Gasteiger charge is -2.11. The Balaban J connectivity index is 1.98. The van der Waals surface area contributed by atoms with Crippen LogP contribution in [0.4, 0.5) is 11.4 Å². The summed E-state index contributed by atoms with van der Waals surface area (Å²) in [4.78, 5) is 11.5. The first kappa shape index (κ1) is 15.8. The van der Waals surface area contributed by atoms with Crippen LogP contribution >= 0.6 is 12.2 Å². The summed E-state index contributed by atoms with van der Waals surface area (Å²) in [6.45, 7) is 0. The summed E-state index contributed by atoms with van der Waals surface area (Å²) in [6, 6.07) is 14.5. The fourth-order valence-electron chi connectivity index (χ4n) is 1.84. The summed E-state index contributed by atoms with van der Waals surface area (Å²) < 4.78 is 5.16. The van der Waals surface area contributed by atoms with Crippen molar-refractivity contribution in [2.45, 2.75) is 0 Å². The maximum absolute atomic E-state index is 11.5. The van der Waals surface area contributed by atoms with E-state index >= 15 is 0 Å². The van der Waals surface area contributed by atoms with E-state index in [9.17, 15) is 4.79 Å². The zero-order valence-corrected chi connectivity index (χ0v) is 13.2. The predicted octanol–water partition coefficient (Wildman–Crippen LogP) is 2.86. The quantitative estimate of drug-likeness (QED) is 0.757. The largest absolute Gasteiger partial charge is 0.497 e. The summed E-state index contributed by atoms with van der Waals surface area (Å²) >= 11 is 5.26. The maximum atomic E-state index is 11.5. The van der Waals surface area contributed by atoms with E-state index in [2.05, 4.69) is 16.0 Å². The van der Waals surface area contributed by atoms with Gasteiger partial charge in [-0.15, -0.1) is 0 Å². The minimum atomic E-state index is -0.122. The fourth-order valence-corrected chi connectivity index (χ4v) is 2.08. The summed E-state index contributed by atoms with van der Waals surface area (Å²) in [7, 11) is 3.21. The van der Waals surface area contributed by atoms with Gasteiger partial charge in [-0.05, 0) is 48.6 Å². The molecule has 0 bridgehead atoms. The highest BCUT2D eigenvalue weighted by Crippen LogP contribution is 2.17. The fraction of sp³-hybridized carbons (Fsp3) is 0.125. The van der Waals surface area contributed by atoms with Crippen LogP contribution in [0.2, 0.25) is 0 Å². The van der Waals surface area contributed by atoms with Gasteiger partial charge in [0, 0.05) is 30.1 Å². The second-order valence-electron chi connectivity index (χ2n) is 4.47. The van der Waals surface area contributed by atoms with Crippen LogP contribution in [0.25, 0.3) is 0 Å². The topological polar surface area (TPSA) is 62.4 Å². The summed E-state index contributed by atoms with van der Waals surface area (Å²) in [6.07, 6.45) is 0. The standard InChI is InChI=1S/C16H17N3O2S/c1-17-15(20)11-6-8-12(9-7-11)18-16(22)19-13-4-3-5-14(10-13)21-2/h3-10H,1-2H3,(H,17,20)(H2,18,19,22). The van der Waals surface area contributed by atoms with Gasteiger partial charge in [0.2, 0.25) is 0 Å². The lowest BCUT2D eigenvalue weighted by atomic mass is 10.2. The first-order valence-corrected chi connectivity index (χ1v) is 7.07. The van der Waals surface area contributed by atoms with E-state index in [1.807, 2.05) is 24.3 Å². The van der Waals surface area contributed by atoms with E-state index < -0.39 is 0 Å². The molecule has 0 heterocycles. The van der Waals surface area contributed by atoms with Crippen LogP contribution < -0.4 is 20.7 Å². The van der Waals surface area contributed by atoms with E-state index in [1.165, 1.54) is 0 Å². The molecule has 0 saturated carbocycles. The van der Waals surface area contributed by atoms with Gasteiger partial charge in [0.1, 0.15) is 5.75 Å². The molecular formula is C16H17N3O2S. The van der Waals surface area contributed by atoms with E-state index in [1.54, 1.807) is 38.4 Å². The van der Waals surface area contributed by atoms with Crippen LogP contribution in [0.3, 0.4) is 0 Å². The second-order valence-corrected chi connectivity index (χ2v) is 4.88. The Morgan fingerprint density at radius 1 is 1.05 bits per heavy atom. The average Bonchev–Trinajstić information content (AvgIpc) is 2.55. The van der Waals surface area contributed by atoms with Gasteiger partial charge in [0.25, 0.3) is 5.91 Å². The number of ether oxygens (including phenoxy) is 1. The van der Waals surface area contributed by atoms with E-state index in [4.69, 9.17) is 17.0 Å². The van der Waals surface area contributed by atoms with Crippen molar-refractivity contribution >= 4 is 34.6 Å². The second kappa shape index (κ2) is 7.42. The molecule has 0 saturated heterocycles. The van der Waals surface area contributed by atoms with Crippen molar-refractivity contribution in [1.29, 1.82) is 0 Å². The van der Waals surface area contributed by atoms with Crippen molar-refractivity contribution < 1.29 is 9.53 Å². The van der Waals surface area contributed by atoms with Crippen LogP contribution in [-0.2, 0) is 0 Å². The molecule has 0 aliphatic rings. The number of methoxy groups -OCH3 is 1. The Labute approximate surface area is 134 Å². The van der Waals surface area contributed by atoms with E-state index in [0.29, 0.717) is 10.7 Å². The highest BCUT2D eigenvalue weighted by atomic mass is 32.1. The number of anilines is 2. The number of carbonyl (C=O) groups excluding carboxylic acids is 1. The van der Waals surface area contributed by atoms with Gasteiger partial charge in [-0.2, -0.15) is 0 Å². The summed E-state index contributed by atoms with van der Waals surface area (Å²) in [5.74, 6) is 0.631. The highest BCUT2D eigenvalue weighted by Gasteiger charge is 2.04. The van der Waals surface area contributed by atoms with Crippen LogP contribution in [0.15, 0.2) is 48.5 Å². The molecule has 0 aliphatic heterocycles. The van der Waals surface area contributed by atoms with Gasteiger partial charge in [0.05, 0.1) is 7.11 Å². The Morgan fingerprint density at radius 3 is 2.36 bits per heavy atom. The molecular weight excluding hydrogens is 298 g/mol.